The summed E-state index contributed by atoms with van der Waals surface area (Å²) in [5.41, 5.74) is 4.75. The van der Waals surface area contributed by atoms with E-state index in [0.717, 1.165) is 39.2 Å². The van der Waals surface area contributed by atoms with Crippen molar-refractivity contribution >= 4 is 34.1 Å². The topological polar surface area (TPSA) is 45.3 Å². The van der Waals surface area contributed by atoms with Crippen LogP contribution in [0.1, 0.15) is 5.56 Å². The van der Waals surface area contributed by atoms with Crippen molar-refractivity contribution in [2.75, 3.05) is 17.9 Å². The van der Waals surface area contributed by atoms with Crippen LogP contribution in [0.4, 0.5) is 5.69 Å². The zero-order valence-electron chi connectivity index (χ0n) is 16.1. The summed E-state index contributed by atoms with van der Waals surface area (Å²) in [5, 5.41) is 1.05. The standard InChI is InChI=1S/C24H21ClN2O2/c1-29-19-11-12-21-18(13-19)14-22(26-21)20-9-5-6-10-23(20)27(24(28)15-25)16-17-7-3-2-4-8-17/h2-14,26H,15-16H2,1H3. The molecule has 1 heterocycles. The first-order valence-electron chi connectivity index (χ1n) is 9.36. The number of aromatic nitrogens is 1. The second-order valence-corrected chi connectivity index (χ2v) is 7.02. The highest BCUT2D eigenvalue weighted by Gasteiger charge is 2.20. The van der Waals surface area contributed by atoms with Gasteiger partial charge in [-0.1, -0.05) is 48.5 Å². The maximum atomic E-state index is 12.7. The average Bonchev–Trinajstić information content (AvgIpc) is 3.21. The Morgan fingerprint density at radius 1 is 1.00 bits per heavy atom. The smallest absolute Gasteiger partial charge is 0.242 e. The van der Waals surface area contributed by atoms with E-state index in [1.54, 1.807) is 12.0 Å². The highest BCUT2D eigenvalue weighted by Crippen LogP contribution is 2.34. The number of fused-ring (bicyclic) bond motifs is 1. The molecule has 4 nitrogen and oxygen atoms in total. The van der Waals surface area contributed by atoms with Crippen LogP contribution in [0.25, 0.3) is 22.2 Å². The van der Waals surface area contributed by atoms with Gasteiger partial charge in [0.05, 0.1) is 19.3 Å². The Morgan fingerprint density at radius 3 is 2.52 bits per heavy atom. The molecule has 5 heteroatoms. The lowest BCUT2D eigenvalue weighted by Gasteiger charge is -2.24. The molecule has 0 saturated heterocycles. The number of ether oxygens (including phenoxy) is 1. The molecule has 0 bridgehead atoms. The molecule has 0 aliphatic rings. The Balaban J connectivity index is 1.79. The van der Waals surface area contributed by atoms with Gasteiger partial charge in [-0.2, -0.15) is 0 Å². The van der Waals surface area contributed by atoms with Gasteiger partial charge in [0.25, 0.3) is 0 Å². The predicted molar refractivity (Wildman–Crippen MR) is 119 cm³/mol. The molecular weight excluding hydrogens is 384 g/mol. The van der Waals surface area contributed by atoms with Crippen molar-refractivity contribution in [2.24, 2.45) is 0 Å². The number of anilines is 1. The lowest BCUT2D eigenvalue weighted by Crippen LogP contribution is -2.31. The zero-order valence-corrected chi connectivity index (χ0v) is 16.8. The second kappa shape index (κ2) is 8.41. The number of amides is 1. The van der Waals surface area contributed by atoms with Crippen molar-refractivity contribution in [3.05, 3.63) is 84.4 Å². The molecular formula is C24H21ClN2O2. The largest absolute Gasteiger partial charge is 0.497 e. The van der Waals surface area contributed by atoms with Crippen LogP contribution in [0.3, 0.4) is 0 Å². The van der Waals surface area contributed by atoms with Crippen molar-refractivity contribution in [1.29, 1.82) is 0 Å². The van der Waals surface area contributed by atoms with Gasteiger partial charge in [-0.3, -0.25) is 4.79 Å². The summed E-state index contributed by atoms with van der Waals surface area (Å²) in [7, 11) is 1.66. The van der Waals surface area contributed by atoms with E-state index >= 15 is 0 Å². The number of alkyl halides is 1. The molecule has 0 aliphatic heterocycles. The number of H-pyrrole nitrogens is 1. The maximum Gasteiger partial charge on any atom is 0.242 e. The number of carbonyl (C=O) groups is 1. The molecule has 1 amide bonds. The Labute approximate surface area is 174 Å². The fourth-order valence-corrected chi connectivity index (χ4v) is 3.61. The van der Waals surface area contributed by atoms with E-state index in [1.807, 2.05) is 72.8 Å². The van der Waals surface area contributed by atoms with Crippen LogP contribution >= 0.6 is 11.6 Å². The first-order chi connectivity index (χ1) is 14.2. The number of carbonyl (C=O) groups excluding carboxylic acids is 1. The third-order valence-electron chi connectivity index (χ3n) is 4.91. The molecule has 0 unspecified atom stereocenters. The highest BCUT2D eigenvalue weighted by molar-refractivity contribution is 6.29. The number of nitrogens with zero attached hydrogens (tertiary/aromatic N) is 1. The number of aromatic amines is 1. The summed E-state index contributed by atoms with van der Waals surface area (Å²) in [5.74, 6) is 0.588. The third kappa shape index (κ3) is 3.98. The molecule has 4 aromatic rings. The van der Waals surface area contributed by atoms with Crippen LogP contribution in [0.2, 0.25) is 0 Å². The van der Waals surface area contributed by atoms with Crippen LogP contribution in [-0.2, 0) is 11.3 Å². The summed E-state index contributed by atoms with van der Waals surface area (Å²) in [6.45, 7) is 0.456. The molecule has 0 spiro atoms. The third-order valence-corrected chi connectivity index (χ3v) is 5.14. The molecule has 146 valence electrons. The van der Waals surface area contributed by atoms with Crippen LogP contribution in [0, 0.1) is 0 Å². The summed E-state index contributed by atoms with van der Waals surface area (Å²) in [6, 6.07) is 25.8. The van der Waals surface area contributed by atoms with Crippen LogP contribution in [0.5, 0.6) is 5.75 Å². The number of halogens is 1. The van der Waals surface area contributed by atoms with Gasteiger partial charge in [0, 0.05) is 22.2 Å². The summed E-state index contributed by atoms with van der Waals surface area (Å²) in [6.07, 6.45) is 0. The number of hydrogen-bond donors (Lipinski definition) is 1. The SMILES string of the molecule is COc1ccc2[nH]c(-c3ccccc3N(Cc3ccccc3)C(=O)CCl)cc2c1. The van der Waals surface area contributed by atoms with Crippen molar-refractivity contribution in [1.82, 2.24) is 4.98 Å². The predicted octanol–water partition coefficient (Wildman–Crippen LogP) is 5.62. The number of hydrogen-bond acceptors (Lipinski definition) is 2. The molecule has 0 radical (unpaired) electrons. The van der Waals surface area contributed by atoms with Gasteiger partial charge in [0.2, 0.25) is 5.91 Å². The highest BCUT2D eigenvalue weighted by atomic mass is 35.5. The van der Waals surface area contributed by atoms with Crippen LogP contribution in [0.15, 0.2) is 78.9 Å². The number of benzene rings is 3. The van der Waals surface area contributed by atoms with E-state index in [2.05, 4.69) is 11.1 Å². The van der Waals surface area contributed by atoms with Crippen molar-refractivity contribution < 1.29 is 9.53 Å². The Bertz CT molecular complexity index is 1140. The van der Waals surface area contributed by atoms with Crippen molar-refractivity contribution in [3.63, 3.8) is 0 Å². The van der Waals surface area contributed by atoms with Gasteiger partial charge in [-0.05, 0) is 35.9 Å². The average molecular weight is 405 g/mol. The molecule has 1 aromatic heterocycles. The molecule has 29 heavy (non-hydrogen) atoms. The van der Waals surface area contributed by atoms with Crippen molar-refractivity contribution in [3.8, 4) is 17.0 Å². The van der Waals surface area contributed by atoms with Gasteiger partial charge >= 0.3 is 0 Å². The second-order valence-electron chi connectivity index (χ2n) is 6.75. The quantitative estimate of drug-likeness (QED) is 0.424. The van der Waals surface area contributed by atoms with Crippen LogP contribution in [-0.4, -0.2) is 23.9 Å². The van der Waals surface area contributed by atoms with E-state index in [-0.39, 0.29) is 11.8 Å². The van der Waals surface area contributed by atoms with E-state index in [1.165, 1.54) is 0 Å². The first kappa shape index (κ1) is 19.1. The minimum atomic E-state index is -0.138. The summed E-state index contributed by atoms with van der Waals surface area (Å²) in [4.78, 5) is 17.9. The number of rotatable bonds is 6. The molecule has 0 saturated carbocycles. The number of methoxy groups -OCH3 is 1. The van der Waals surface area contributed by atoms with E-state index < -0.39 is 0 Å². The number of para-hydroxylation sites is 1. The summed E-state index contributed by atoms with van der Waals surface area (Å²) >= 11 is 5.95. The molecule has 0 aliphatic carbocycles. The maximum absolute atomic E-state index is 12.7. The molecule has 4 rings (SSSR count). The minimum Gasteiger partial charge on any atom is -0.497 e. The van der Waals surface area contributed by atoms with Gasteiger partial charge in [-0.25, -0.2) is 0 Å². The molecule has 1 N–H and O–H groups in total. The Hall–Kier alpha value is -3.24. The van der Waals surface area contributed by atoms with E-state index in [0.29, 0.717) is 6.54 Å². The Kier molecular flexibility index (Phi) is 5.54. The van der Waals surface area contributed by atoms with Gasteiger partial charge in [0.1, 0.15) is 11.6 Å². The first-order valence-corrected chi connectivity index (χ1v) is 9.89. The minimum absolute atomic E-state index is 0.0783. The van der Waals surface area contributed by atoms with Gasteiger partial charge in [-0.15, -0.1) is 11.6 Å². The lowest BCUT2D eigenvalue weighted by atomic mass is 10.1. The van der Waals surface area contributed by atoms with Crippen molar-refractivity contribution in [2.45, 2.75) is 6.54 Å². The fraction of sp³-hybridized carbons (Fsp3) is 0.125. The molecule has 3 aromatic carbocycles. The Morgan fingerprint density at radius 2 is 1.76 bits per heavy atom. The van der Waals surface area contributed by atoms with Gasteiger partial charge in [0.15, 0.2) is 0 Å². The van der Waals surface area contributed by atoms with E-state index in [9.17, 15) is 4.79 Å². The monoisotopic (exact) mass is 404 g/mol. The number of nitrogens with one attached hydrogen (secondary N) is 1. The molecule has 0 atom stereocenters. The zero-order chi connectivity index (χ0) is 20.2. The summed E-state index contributed by atoms with van der Waals surface area (Å²) < 4.78 is 5.33. The normalized spacial score (nSPS) is 10.8. The van der Waals surface area contributed by atoms with Gasteiger partial charge < -0.3 is 14.6 Å². The van der Waals surface area contributed by atoms with E-state index in [4.69, 9.17) is 16.3 Å². The van der Waals surface area contributed by atoms with Crippen LogP contribution < -0.4 is 9.64 Å². The lowest BCUT2D eigenvalue weighted by molar-refractivity contribution is -0.116. The molecule has 0 fully saturated rings. The fourth-order valence-electron chi connectivity index (χ4n) is 3.47.